The molecule has 0 saturated heterocycles. The van der Waals surface area contributed by atoms with Crippen LogP contribution in [0.15, 0.2) is 18.2 Å². The Bertz CT molecular complexity index is 647. The zero-order valence-electron chi connectivity index (χ0n) is 10.1. The highest BCUT2D eigenvalue weighted by Gasteiger charge is 2.16. The quantitative estimate of drug-likeness (QED) is 0.464. The fourth-order valence-electron chi connectivity index (χ4n) is 1.39. The summed E-state index contributed by atoms with van der Waals surface area (Å²) in [4.78, 5) is 14.9. The summed E-state index contributed by atoms with van der Waals surface area (Å²) in [6.07, 6.45) is 0. The van der Waals surface area contributed by atoms with Crippen molar-refractivity contribution in [1.82, 2.24) is 4.98 Å². The van der Waals surface area contributed by atoms with Crippen LogP contribution in [0.3, 0.4) is 0 Å². The van der Waals surface area contributed by atoms with E-state index in [0.717, 1.165) is 0 Å². The molecule has 0 N–H and O–H groups in total. The Morgan fingerprint density at radius 2 is 2.20 bits per heavy atom. The molecule has 106 valence electrons. The lowest BCUT2D eigenvalue weighted by Gasteiger charge is -2.07. The molecule has 0 radical (unpaired) electrons. The first-order valence-corrected chi connectivity index (χ1v) is 6.99. The zero-order valence-corrected chi connectivity index (χ0v) is 12.5. The number of alkyl halides is 1. The van der Waals surface area contributed by atoms with Crippen molar-refractivity contribution in [2.45, 2.75) is 5.88 Å². The van der Waals surface area contributed by atoms with Gasteiger partial charge in [-0.2, -0.15) is 4.98 Å². The van der Waals surface area contributed by atoms with E-state index >= 15 is 0 Å². The van der Waals surface area contributed by atoms with Crippen LogP contribution in [0.4, 0.5) is 5.69 Å². The van der Waals surface area contributed by atoms with Crippen molar-refractivity contribution < 1.29 is 14.4 Å². The molecule has 1 heterocycles. The lowest BCUT2D eigenvalue weighted by atomic mass is 10.3. The Morgan fingerprint density at radius 3 is 2.75 bits per heavy atom. The van der Waals surface area contributed by atoms with Crippen LogP contribution in [0.5, 0.6) is 16.7 Å². The molecule has 0 amide bonds. The second-order valence-corrected chi connectivity index (χ2v) is 5.19. The molecule has 0 unspecified atom stereocenters. The van der Waals surface area contributed by atoms with Gasteiger partial charge < -0.3 is 9.47 Å². The minimum Gasteiger partial charge on any atom is -0.493 e. The number of halogens is 2. The predicted molar refractivity (Wildman–Crippen MR) is 76.4 cm³/mol. The van der Waals surface area contributed by atoms with Crippen molar-refractivity contribution in [2.75, 3.05) is 7.11 Å². The van der Waals surface area contributed by atoms with Crippen LogP contribution >= 0.6 is 34.5 Å². The Kier molecular flexibility index (Phi) is 4.64. The molecule has 9 heteroatoms. The number of non-ortho nitro benzene ring substituents is 1. The Hall–Kier alpha value is -1.57. The standard InChI is InChI=1S/C11H8Cl2N2O4S/c1-18-8-4-6(15(16)17)2-3-7(8)19-11-14-10(13)9(5-12)20-11/h2-4H,5H2,1H3. The summed E-state index contributed by atoms with van der Waals surface area (Å²) in [7, 11) is 1.39. The molecule has 2 rings (SSSR count). The van der Waals surface area contributed by atoms with Gasteiger partial charge in [-0.15, -0.1) is 11.6 Å². The summed E-state index contributed by atoms with van der Waals surface area (Å²) >= 11 is 12.8. The predicted octanol–water partition coefficient (Wildman–Crippen LogP) is 4.24. The molecule has 0 aliphatic rings. The molecular weight excluding hydrogens is 327 g/mol. The molecule has 0 atom stereocenters. The highest BCUT2D eigenvalue weighted by molar-refractivity contribution is 7.14. The molecule has 2 aromatic rings. The molecule has 20 heavy (non-hydrogen) atoms. The van der Waals surface area contributed by atoms with Gasteiger partial charge in [0.15, 0.2) is 11.5 Å². The van der Waals surface area contributed by atoms with Crippen LogP contribution < -0.4 is 9.47 Å². The van der Waals surface area contributed by atoms with Gasteiger partial charge in [-0.1, -0.05) is 22.9 Å². The van der Waals surface area contributed by atoms with Crippen molar-refractivity contribution in [3.8, 4) is 16.7 Å². The maximum Gasteiger partial charge on any atom is 0.280 e. The van der Waals surface area contributed by atoms with Gasteiger partial charge in [-0.05, 0) is 6.07 Å². The first-order valence-electron chi connectivity index (χ1n) is 5.26. The fourth-order valence-corrected chi connectivity index (χ4v) is 2.72. The third-order valence-corrected chi connectivity index (χ3v) is 4.09. The van der Waals surface area contributed by atoms with Gasteiger partial charge in [-0.25, -0.2) is 0 Å². The normalized spacial score (nSPS) is 10.3. The number of hydrogen-bond acceptors (Lipinski definition) is 6. The monoisotopic (exact) mass is 334 g/mol. The molecule has 0 fully saturated rings. The molecule has 1 aromatic heterocycles. The summed E-state index contributed by atoms with van der Waals surface area (Å²) in [5, 5.41) is 11.3. The number of ether oxygens (including phenoxy) is 2. The van der Waals surface area contributed by atoms with E-state index in [1.54, 1.807) is 0 Å². The molecule has 0 spiro atoms. The van der Waals surface area contributed by atoms with Crippen molar-refractivity contribution in [2.24, 2.45) is 0 Å². The van der Waals surface area contributed by atoms with Crippen LogP contribution in [0.25, 0.3) is 0 Å². The first kappa shape index (κ1) is 14.8. The Morgan fingerprint density at radius 1 is 1.45 bits per heavy atom. The van der Waals surface area contributed by atoms with E-state index in [1.807, 2.05) is 0 Å². The van der Waals surface area contributed by atoms with Crippen LogP contribution in [-0.4, -0.2) is 17.0 Å². The zero-order chi connectivity index (χ0) is 14.7. The molecule has 0 saturated carbocycles. The maximum absolute atomic E-state index is 10.7. The van der Waals surface area contributed by atoms with Gasteiger partial charge >= 0.3 is 0 Å². The van der Waals surface area contributed by atoms with Crippen molar-refractivity contribution in [3.63, 3.8) is 0 Å². The summed E-state index contributed by atoms with van der Waals surface area (Å²) in [6, 6.07) is 4.02. The minimum absolute atomic E-state index is 0.0900. The highest BCUT2D eigenvalue weighted by Crippen LogP contribution is 2.38. The lowest BCUT2D eigenvalue weighted by molar-refractivity contribution is -0.384. The van der Waals surface area contributed by atoms with E-state index in [0.29, 0.717) is 10.6 Å². The molecule has 1 aromatic carbocycles. The molecule has 0 bridgehead atoms. The number of nitro groups is 1. The van der Waals surface area contributed by atoms with Gasteiger partial charge in [0.25, 0.3) is 10.9 Å². The Balaban J connectivity index is 2.30. The molecule has 6 nitrogen and oxygen atoms in total. The number of hydrogen-bond donors (Lipinski definition) is 0. The van der Waals surface area contributed by atoms with Crippen molar-refractivity contribution in [3.05, 3.63) is 38.3 Å². The molecule has 0 aliphatic carbocycles. The van der Waals surface area contributed by atoms with E-state index in [2.05, 4.69) is 4.98 Å². The number of thiazole rings is 1. The Labute approximate surface area is 128 Å². The minimum atomic E-state index is -0.516. The third-order valence-electron chi connectivity index (χ3n) is 2.31. The summed E-state index contributed by atoms with van der Waals surface area (Å²) in [6.45, 7) is 0. The second-order valence-electron chi connectivity index (χ2n) is 3.52. The van der Waals surface area contributed by atoms with Gasteiger partial charge in [0.05, 0.1) is 28.9 Å². The summed E-state index contributed by atoms with van der Waals surface area (Å²) in [5.41, 5.74) is -0.0900. The van der Waals surface area contributed by atoms with Crippen molar-refractivity contribution in [1.29, 1.82) is 0 Å². The van der Waals surface area contributed by atoms with E-state index in [-0.39, 0.29) is 27.7 Å². The largest absolute Gasteiger partial charge is 0.493 e. The van der Waals surface area contributed by atoms with Gasteiger partial charge in [0, 0.05) is 6.07 Å². The summed E-state index contributed by atoms with van der Waals surface area (Å²) < 4.78 is 10.6. The van der Waals surface area contributed by atoms with Gasteiger partial charge in [0.2, 0.25) is 0 Å². The van der Waals surface area contributed by atoms with E-state index < -0.39 is 4.92 Å². The average molecular weight is 335 g/mol. The number of nitrogens with zero attached hydrogens (tertiary/aromatic N) is 2. The maximum atomic E-state index is 10.7. The van der Waals surface area contributed by atoms with Gasteiger partial charge in [0.1, 0.15) is 5.15 Å². The fraction of sp³-hybridized carbons (Fsp3) is 0.182. The number of methoxy groups -OCH3 is 1. The average Bonchev–Trinajstić information content (AvgIpc) is 2.79. The molecular formula is C11H8Cl2N2O4S. The highest BCUT2D eigenvalue weighted by atomic mass is 35.5. The molecule has 0 aliphatic heterocycles. The smallest absolute Gasteiger partial charge is 0.280 e. The van der Waals surface area contributed by atoms with Crippen LogP contribution in [0, 0.1) is 10.1 Å². The number of rotatable bonds is 5. The summed E-state index contributed by atoms with van der Waals surface area (Å²) in [5.74, 6) is 0.777. The van der Waals surface area contributed by atoms with Crippen LogP contribution in [0.2, 0.25) is 5.15 Å². The van der Waals surface area contributed by atoms with Crippen molar-refractivity contribution >= 4 is 40.2 Å². The first-order chi connectivity index (χ1) is 9.55. The van der Waals surface area contributed by atoms with Crippen LogP contribution in [0.1, 0.15) is 4.88 Å². The van der Waals surface area contributed by atoms with E-state index in [4.69, 9.17) is 32.7 Å². The van der Waals surface area contributed by atoms with Gasteiger partial charge in [-0.3, -0.25) is 10.1 Å². The topological polar surface area (TPSA) is 74.5 Å². The number of benzene rings is 1. The number of nitro benzene ring substituents is 1. The lowest BCUT2D eigenvalue weighted by Crippen LogP contribution is -1.93. The SMILES string of the molecule is COc1cc([N+](=O)[O-])ccc1Oc1nc(Cl)c(CCl)s1. The van der Waals surface area contributed by atoms with Crippen LogP contribution in [-0.2, 0) is 5.88 Å². The third kappa shape index (κ3) is 3.12. The van der Waals surface area contributed by atoms with E-state index in [9.17, 15) is 10.1 Å². The van der Waals surface area contributed by atoms with E-state index in [1.165, 1.54) is 36.6 Å². The second kappa shape index (κ2) is 6.25. The number of aromatic nitrogens is 1.